The lowest BCUT2D eigenvalue weighted by molar-refractivity contribution is 0.660. The molecule has 0 spiro atoms. The third kappa shape index (κ3) is 4.37. The molecule has 3 heterocycles. The number of nitrogens with one attached hydrogen (secondary N) is 1. The van der Waals surface area contributed by atoms with Crippen molar-refractivity contribution in [3.63, 3.8) is 0 Å². The molecular formula is C51H34BN2S. The average molecular weight is 718 g/mol. The zero-order chi connectivity index (χ0) is 36.4. The molecule has 0 unspecified atom stereocenters. The zero-order valence-electron chi connectivity index (χ0n) is 30.5. The number of benzene rings is 8. The summed E-state index contributed by atoms with van der Waals surface area (Å²) >= 11 is 1.90. The molecule has 257 valence electrons. The van der Waals surface area contributed by atoms with Gasteiger partial charge in [0, 0.05) is 54.4 Å². The molecule has 10 aromatic rings. The van der Waals surface area contributed by atoms with Crippen LogP contribution in [0.1, 0.15) is 25.0 Å². The van der Waals surface area contributed by atoms with E-state index in [4.69, 9.17) is 0 Å². The smallest absolute Gasteiger partial charge is 0.197 e. The van der Waals surface area contributed by atoms with Crippen molar-refractivity contribution < 1.29 is 0 Å². The van der Waals surface area contributed by atoms with Crippen molar-refractivity contribution in [3.05, 3.63) is 175 Å². The number of para-hydroxylation sites is 1. The number of fused-ring (bicyclic) bond motifs is 11. The predicted molar refractivity (Wildman–Crippen MR) is 237 cm³/mol. The number of thiophene rings is 1. The Morgan fingerprint density at radius 1 is 0.582 bits per heavy atom. The summed E-state index contributed by atoms with van der Waals surface area (Å²) in [5.74, 6) is 0. The lowest BCUT2D eigenvalue weighted by Gasteiger charge is -2.26. The molecule has 4 heteroatoms. The van der Waals surface area contributed by atoms with Crippen molar-refractivity contribution in [2.24, 2.45) is 0 Å². The van der Waals surface area contributed by atoms with E-state index in [1.165, 1.54) is 103 Å². The fourth-order valence-electron chi connectivity index (χ4n) is 9.65. The molecule has 12 rings (SSSR count). The van der Waals surface area contributed by atoms with Gasteiger partial charge in [-0.05, 0) is 91.6 Å². The van der Waals surface area contributed by atoms with Crippen LogP contribution in [0.5, 0.6) is 0 Å². The zero-order valence-corrected chi connectivity index (χ0v) is 31.3. The minimum absolute atomic E-state index is 0.0820. The Bertz CT molecular complexity index is 3240. The Morgan fingerprint density at radius 2 is 1.35 bits per heavy atom. The molecule has 0 bridgehead atoms. The topological polar surface area (TPSA) is 17.0 Å². The fraction of sp³-hybridized carbons (Fsp3) is 0.0588. The maximum Gasteiger partial charge on any atom is 0.197 e. The molecule has 0 atom stereocenters. The van der Waals surface area contributed by atoms with Gasteiger partial charge >= 0.3 is 0 Å². The highest BCUT2D eigenvalue weighted by atomic mass is 32.1. The van der Waals surface area contributed by atoms with Gasteiger partial charge in [0.05, 0.1) is 0 Å². The van der Waals surface area contributed by atoms with E-state index in [-0.39, 0.29) is 5.41 Å². The van der Waals surface area contributed by atoms with Crippen LogP contribution < -0.4 is 16.2 Å². The van der Waals surface area contributed by atoms with Gasteiger partial charge in [-0.15, -0.1) is 11.3 Å². The molecule has 1 aliphatic carbocycles. The summed E-state index contributed by atoms with van der Waals surface area (Å²) in [5.41, 5.74) is 17.4. The normalized spacial score (nSPS) is 13.6. The summed E-state index contributed by atoms with van der Waals surface area (Å²) in [6.07, 6.45) is 0. The molecule has 2 nitrogen and oxygen atoms in total. The quantitative estimate of drug-likeness (QED) is 0.179. The number of hydrogen-bond acceptors (Lipinski definition) is 2. The van der Waals surface area contributed by atoms with Gasteiger partial charge in [-0.2, -0.15) is 0 Å². The first-order valence-electron chi connectivity index (χ1n) is 19.1. The standard InChI is InChI=1S/C51H34BN2S/c1-51(2)40-20-10-8-17-35(40)36-25-24-33(29-41(36)51)53-43-26-23-31-15-6-7-16-34(31)46(43)39-27-32(30-13-4-3-5-14-30)28-44-48(39)52-42-21-12-19-38-47-37-18-9-11-22-45(37)55-50(47)54(44)49(38)42/h3-29,53H,1-2H3. The van der Waals surface area contributed by atoms with Crippen LogP contribution >= 0.6 is 11.3 Å². The lowest BCUT2D eigenvalue weighted by Crippen LogP contribution is -2.37. The molecule has 0 fully saturated rings. The number of rotatable bonds is 4. The monoisotopic (exact) mass is 717 g/mol. The minimum atomic E-state index is -0.0820. The molecule has 0 saturated carbocycles. The number of aromatic nitrogens is 1. The van der Waals surface area contributed by atoms with E-state index in [0.717, 1.165) is 11.4 Å². The second-order valence-electron chi connectivity index (χ2n) is 15.6. The van der Waals surface area contributed by atoms with Gasteiger partial charge in [-0.1, -0.05) is 147 Å². The molecule has 2 aliphatic rings. The highest BCUT2D eigenvalue weighted by Crippen LogP contribution is 2.50. The van der Waals surface area contributed by atoms with Crippen molar-refractivity contribution in [1.82, 2.24) is 4.57 Å². The number of hydrogen-bond donors (Lipinski definition) is 1. The lowest BCUT2D eigenvalue weighted by atomic mass is 9.58. The van der Waals surface area contributed by atoms with Crippen LogP contribution in [0.3, 0.4) is 0 Å². The van der Waals surface area contributed by atoms with Crippen molar-refractivity contribution in [3.8, 4) is 39.1 Å². The van der Waals surface area contributed by atoms with Crippen molar-refractivity contribution in [2.75, 3.05) is 5.32 Å². The molecule has 2 aromatic heterocycles. The van der Waals surface area contributed by atoms with E-state index in [9.17, 15) is 0 Å². The van der Waals surface area contributed by atoms with Gasteiger partial charge in [0.15, 0.2) is 7.28 Å². The van der Waals surface area contributed by atoms with Crippen LogP contribution in [0.4, 0.5) is 11.4 Å². The number of nitrogens with zero attached hydrogens (tertiary/aromatic N) is 1. The van der Waals surface area contributed by atoms with Gasteiger partial charge in [0.25, 0.3) is 0 Å². The first kappa shape index (κ1) is 31.0. The van der Waals surface area contributed by atoms with E-state index in [1.54, 1.807) is 0 Å². The molecule has 0 saturated heterocycles. The molecule has 55 heavy (non-hydrogen) atoms. The van der Waals surface area contributed by atoms with Gasteiger partial charge in [-0.3, -0.25) is 0 Å². The molecular weight excluding hydrogens is 683 g/mol. The van der Waals surface area contributed by atoms with Crippen LogP contribution in [0.25, 0.3) is 81.0 Å². The summed E-state index contributed by atoms with van der Waals surface area (Å²) in [5, 5.41) is 10.4. The Hall–Kier alpha value is -6.36. The maximum atomic E-state index is 3.99. The van der Waals surface area contributed by atoms with Gasteiger partial charge in [0.2, 0.25) is 0 Å². The Balaban J connectivity index is 1.13. The SMILES string of the molecule is CC1(C)c2ccccc2-c2ccc(Nc3ccc4ccccc4c3-c3cc(-c4ccccc4)cc4c3[B]c3cccc5c6c7ccccc7sc6n-4c35)cc21. The molecule has 1 N–H and O–H groups in total. The molecule has 0 amide bonds. The average Bonchev–Trinajstić information content (AvgIpc) is 3.84. The van der Waals surface area contributed by atoms with Crippen LogP contribution in [-0.4, -0.2) is 11.8 Å². The summed E-state index contributed by atoms with van der Waals surface area (Å²) < 4.78 is 3.88. The van der Waals surface area contributed by atoms with Crippen molar-refractivity contribution in [2.45, 2.75) is 19.3 Å². The van der Waals surface area contributed by atoms with E-state index < -0.39 is 0 Å². The van der Waals surface area contributed by atoms with Crippen molar-refractivity contribution in [1.29, 1.82) is 0 Å². The fourth-order valence-corrected chi connectivity index (χ4v) is 10.9. The Labute approximate surface area is 324 Å². The molecule has 8 aromatic carbocycles. The molecule has 1 aliphatic heterocycles. The summed E-state index contributed by atoms with van der Waals surface area (Å²) in [6, 6.07) is 60.6. The summed E-state index contributed by atoms with van der Waals surface area (Å²) in [6.45, 7) is 4.70. The second kappa shape index (κ2) is 11.3. The van der Waals surface area contributed by atoms with Crippen LogP contribution in [-0.2, 0) is 5.41 Å². The summed E-state index contributed by atoms with van der Waals surface area (Å²) in [7, 11) is 2.44. The predicted octanol–water partition coefficient (Wildman–Crippen LogP) is 12.5. The number of anilines is 2. The van der Waals surface area contributed by atoms with E-state index in [2.05, 4.69) is 195 Å². The first-order chi connectivity index (χ1) is 27.0. The maximum absolute atomic E-state index is 3.99. The molecule has 1 radical (unpaired) electrons. The Kier molecular flexibility index (Phi) is 6.40. The summed E-state index contributed by atoms with van der Waals surface area (Å²) in [4.78, 5) is 1.30. The first-order valence-corrected chi connectivity index (χ1v) is 19.9. The van der Waals surface area contributed by atoms with Crippen LogP contribution in [0.2, 0.25) is 0 Å². The van der Waals surface area contributed by atoms with Crippen LogP contribution in [0, 0.1) is 0 Å². The van der Waals surface area contributed by atoms with E-state index >= 15 is 0 Å². The highest BCUT2D eigenvalue weighted by molar-refractivity contribution is 7.25. The third-order valence-corrected chi connectivity index (χ3v) is 13.4. The largest absolute Gasteiger partial charge is 0.355 e. The van der Waals surface area contributed by atoms with Crippen LogP contribution in [0.15, 0.2) is 164 Å². The van der Waals surface area contributed by atoms with Gasteiger partial charge in [-0.25, -0.2) is 0 Å². The Morgan fingerprint density at radius 3 is 2.25 bits per heavy atom. The second-order valence-corrected chi connectivity index (χ2v) is 16.6. The third-order valence-electron chi connectivity index (χ3n) is 12.2. The van der Waals surface area contributed by atoms with Crippen molar-refractivity contribution >= 4 is 82.9 Å². The van der Waals surface area contributed by atoms with E-state index in [0.29, 0.717) is 0 Å². The van der Waals surface area contributed by atoms with Gasteiger partial charge < -0.3 is 9.88 Å². The highest BCUT2D eigenvalue weighted by Gasteiger charge is 2.35. The minimum Gasteiger partial charge on any atom is -0.355 e. The van der Waals surface area contributed by atoms with E-state index in [1.807, 2.05) is 11.3 Å². The van der Waals surface area contributed by atoms with Gasteiger partial charge in [0.1, 0.15) is 4.83 Å².